The van der Waals surface area contributed by atoms with Crippen molar-refractivity contribution in [3.05, 3.63) is 36.0 Å². The van der Waals surface area contributed by atoms with Gasteiger partial charge in [0.05, 0.1) is 18.7 Å². The summed E-state index contributed by atoms with van der Waals surface area (Å²) in [6.07, 6.45) is 3.44. The van der Waals surface area contributed by atoms with E-state index in [0.29, 0.717) is 11.3 Å². The Morgan fingerprint density at radius 2 is 1.91 bits per heavy atom. The molecule has 1 heterocycles. The lowest BCUT2D eigenvalue weighted by atomic mass is 9.80. The molecule has 0 saturated heterocycles. The van der Waals surface area contributed by atoms with E-state index in [9.17, 15) is 10.2 Å². The summed E-state index contributed by atoms with van der Waals surface area (Å²) < 4.78 is 5.26. The van der Waals surface area contributed by atoms with Crippen LogP contribution in [-0.4, -0.2) is 34.5 Å². The van der Waals surface area contributed by atoms with Crippen LogP contribution in [0.4, 0.5) is 0 Å². The standard InChI is InChI=1S/C18H24N2O3/c1-23-13-6-7-16-15(10-13)14(8-9-20-16)18(22)17(21)11-2-4-12(19)5-3-11/h6-12,17-18,21-22H,2-5,19H2,1H3/t11?,12?,17-,18-/m1/s1. The van der Waals surface area contributed by atoms with Gasteiger partial charge in [0.1, 0.15) is 11.9 Å². The highest BCUT2D eigenvalue weighted by atomic mass is 16.5. The summed E-state index contributed by atoms with van der Waals surface area (Å²) in [4.78, 5) is 4.32. The van der Waals surface area contributed by atoms with Crippen LogP contribution in [0.5, 0.6) is 5.75 Å². The quantitative estimate of drug-likeness (QED) is 0.804. The fourth-order valence-electron chi connectivity index (χ4n) is 3.46. The molecule has 0 radical (unpaired) electrons. The molecule has 2 aromatic rings. The summed E-state index contributed by atoms with van der Waals surface area (Å²) in [6, 6.07) is 7.54. The highest BCUT2D eigenvalue weighted by molar-refractivity contribution is 5.83. The van der Waals surface area contributed by atoms with Gasteiger partial charge >= 0.3 is 0 Å². The number of nitrogens with zero attached hydrogens (tertiary/aromatic N) is 1. The monoisotopic (exact) mass is 316 g/mol. The predicted molar refractivity (Wildman–Crippen MR) is 89.2 cm³/mol. The number of fused-ring (bicyclic) bond motifs is 1. The van der Waals surface area contributed by atoms with Gasteiger partial charge in [0.2, 0.25) is 0 Å². The lowest BCUT2D eigenvalue weighted by Crippen LogP contribution is -2.35. The van der Waals surface area contributed by atoms with Crippen LogP contribution in [-0.2, 0) is 0 Å². The van der Waals surface area contributed by atoms with Crippen LogP contribution in [0, 0.1) is 5.92 Å². The second-order valence-electron chi connectivity index (χ2n) is 6.39. The molecule has 0 amide bonds. The Morgan fingerprint density at radius 3 is 2.61 bits per heavy atom. The van der Waals surface area contributed by atoms with Gasteiger partial charge in [-0.05, 0) is 61.4 Å². The molecule has 1 aliphatic rings. The first kappa shape index (κ1) is 16.2. The first-order valence-corrected chi connectivity index (χ1v) is 8.14. The number of aliphatic hydroxyl groups excluding tert-OH is 2. The summed E-state index contributed by atoms with van der Waals surface area (Å²) in [7, 11) is 1.60. The van der Waals surface area contributed by atoms with Gasteiger partial charge in [-0.25, -0.2) is 0 Å². The lowest BCUT2D eigenvalue weighted by molar-refractivity contribution is -0.0290. The van der Waals surface area contributed by atoms with Crippen molar-refractivity contribution >= 4 is 10.9 Å². The first-order chi connectivity index (χ1) is 11.1. The Labute approximate surface area is 136 Å². The summed E-state index contributed by atoms with van der Waals surface area (Å²) in [5.74, 6) is 0.788. The van der Waals surface area contributed by atoms with Gasteiger partial charge in [-0.3, -0.25) is 4.98 Å². The highest BCUT2D eigenvalue weighted by Gasteiger charge is 2.31. The van der Waals surface area contributed by atoms with Crippen LogP contribution in [0.15, 0.2) is 30.5 Å². The molecule has 4 N–H and O–H groups in total. The van der Waals surface area contributed by atoms with Gasteiger partial charge in [-0.15, -0.1) is 0 Å². The molecule has 5 heteroatoms. The number of rotatable bonds is 4. The maximum atomic E-state index is 10.7. The van der Waals surface area contributed by atoms with Crippen molar-refractivity contribution in [2.24, 2.45) is 11.7 Å². The highest BCUT2D eigenvalue weighted by Crippen LogP contribution is 2.34. The number of methoxy groups -OCH3 is 1. The van der Waals surface area contributed by atoms with E-state index < -0.39 is 12.2 Å². The number of nitrogens with two attached hydrogens (primary N) is 1. The molecule has 1 fully saturated rings. The number of hydrogen-bond acceptors (Lipinski definition) is 5. The number of pyridine rings is 1. The van der Waals surface area contributed by atoms with Gasteiger partial charge < -0.3 is 20.7 Å². The molecule has 2 atom stereocenters. The Morgan fingerprint density at radius 1 is 1.17 bits per heavy atom. The van der Waals surface area contributed by atoms with Crippen LogP contribution in [0.1, 0.15) is 37.4 Å². The molecule has 1 aromatic carbocycles. The third kappa shape index (κ3) is 3.32. The number of aliphatic hydroxyl groups is 2. The smallest absolute Gasteiger partial charge is 0.119 e. The van der Waals surface area contributed by atoms with Crippen LogP contribution in [0.3, 0.4) is 0 Å². The molecule has 3 rings (SSSR count). The Balaban J connectivity index is 1.89. The summed E-state index contributed by atoms with van der Waals surface area (Å²) in [5, 5.41) is 22.2. The molecular formula is C18H24N2O3. The molecule has 0 spiro atoms. The normalized spacial score (nSPS) is 24.3. The Kier molecular flexibility index (Phi) is 4.80. The fourth-order valence-corrected chi connectivity index (χ4v) is 3.46. The van der Waals surface area contributed by atoms with E-state index in [1.807, 2.05) is 18.2 Å². The van der Waals surface area contributed by atoms with Crippen molar-refractivity contribution in [1.29, 1.82) is 0 Å². The van der Waals surface area contributed by atoms with Crippen molar-refractivity contribution in [2.45, 2.75) is 43.9 Å². The maximum absolute atomic E-state index is 10.7. The van der Waals surface area contributed by atoms with E-state index >= 15 is 0 Å². The number of ether oxygens (including phenoxy) is 1. The third-order valence-corrected chi connectivity index (χ3v) is 4.92. The molecule has 23 heavy (non-hydrogen) atoms. The van der Waals surface area contributed by atoms with E-state index in [2.05, 4.69) is 4.98 Å². The molecular weight excluding hydrogens is 292 g/mol. The predicted octanol–water partition coefficient (Wildman–Crippen LogP) is 2.16. The van der Waals surface area contributed by atoms with Crippen molar-refractivity contribution in [3.8, 4) is 5.75 Å². The lowest BCUT2D eigenvalue weighted by Gasteiger charge is -2.32. The molecule has 0 aliphatic heterocycles. The second kappa shape index (κ2) is 6.83. The van der Waals surface area contributed by atoms with E-state index in [-0.39, 0.29) is 12.0 Å². The first-order valence-electron chi connectivity index (χ1n) is 8.14. The average Bonchev–Trinajstić information content (AvgIpc) is 2.60. The topological polar surface area (TPSA) is 88.6 Å². The van der Waals surface area contributed by atoms with Crippen molar-refractivity contribution in [3.63, 3.8) is 0 Å². The zero-order valence-electron chi connectivity index (χ0n) is 13.4. The minimum absolute atomic E-state index is 0.0821. The molecule has 1 aromatic heterocycles. The SMILES string of the molecule is COc1ccc2nccc([C@@H](O)[C@H](O)C3CCC(N)CC3)c2c1. The fraction of sp³-hybridized carbons (Fsp3) is 0.500. The summed E-state index contributed by atoms with van der Waals surface area (Å²) >= 11 is 0. The van der Waals surface area contributed by atoms with Crippen LogP contribution >= 0.6 is 0 Å². The van der Waals surface area contributed by atoms with E-state index in [4.69, 9.17) is 10.5 Å². The Bertz CT molecular complexity index is 668. The molecule has 5 nitrogen and oxygen atoms in total. The maximum Gasteiger partial charge on any atom is 0.119 e. The van der Waals surface area contributed by atoms with Crippen LogP contribution in [0.2, 0.25) is 0 Å². The number of benzene rings is 1. The molecule has 0 bridgehead atoms. The van der Waals surface area contributed by atoms with Crippen molar-refractivity contribution in [2.75, 3.05) is 7.11 Å². The zero-order valence-corrected chi connectivity index (χ0v) is 13.4. The van der Waals surface area contributed by atoms with Gasteiger partial charge in [0.25, 0.3) is 0 Å². The van der Waals surface area contributed by atoms with Crippen LogP contribution in [0.25, 0.3) is 10.9 Å². The van der Waals surface area contributed by atoms with Crippen molar-refractivity contribution < 1.29 is 14.9 Å². The van der Waals surface area contributed by atoms with Gasteiger partial charge in [-0.1, -0.05) is 0 Å². The molecule has 1 aliphatic carbocycles. The van der Waals surface area contributed by atoms with Crippen LogP contribution < -0.4 is 10.5 Å². The molecule has 1 saturated carbocycles. The summed E-state index contributed by atoms with van der Waals surface area (Å²) in [5.41, 5.74) is 7.39. The van der Waals surface area contributed by atoms with Crippen molar-refractivity contribution in [1.82, 2.24) is 4.98 Å². The largest absolute Gasteiger partial charge is 0.497 e. The number of aromatic nitrogens is 1. The van der Waals surface area contributed by atoms with E-state index in [1.165, 1.54) is 0 Å². The average molecular weight is 316 g/mol. The third-order valence-electron chi connectivity index (χ3n) is 4.92. The molecule has 124 valence electrons. The van der Waals surface area contributed by atoms with Gasteiger partial charge in [0, 0.05) is 17.6 Å². The van der Waals surface area contributed by atoms with E-state index in [0.717, 1.165) is 36.6 Å². The Hall–Kier alpha value is -1.69. The second-order valence-corrected chi connectivity index (χ2v) is 6.39. The van der Waals surface area contributed by atoms with E-state index in [1.54, 1.807) is 19.4 Å². The molecule has 0 unspecified atom stereocenters. The van der Waals surface area contributed by atoms with Gasteiger partial charge in [0.15, 0.2) is 0 Å². The minimum Gasteiger partial charge on any atom is -0.497 e. The zero-order chi connectivity index (χ0) is 16.4. The van der Waals surface area contributed by atoms with Gasteiger partial charge in [-0.2, -0.15) is 0 Å². The number of hydrogen-bond donors (Lipinski definition) is 3. The summed E-state index contributed by atoms with van der Waals surface area (Å²) in [6.45, 7) is 0. The minimum atomic E-state index is -0.938.